The lowest BCUT2D eigenvalue weighted by Gasteiger charge is -2.08. The molecule has 0 aliphatic heterocycles. The highest BCUT2D eigenvalue weighted by molar-refractivity contribution is 7.09. The van der Waals surface area contributed by atoms with Gasteiger partial charge in [0, 0.05) is 47.0 Å². The van der Waals surface area contributed by atoms with E-state index in [-0.39, 0.29) is 12.2 Å². The molecule has 0 radical (unpaired) electrons. The summed E-state index contributed by atoms with van der Waals surface area (Å²) in [4.78, 5) is 21.7. The van der Waals surface area contributed by atoms with Gasteiger partial charge in [-0.1, -0.05) is 6.07 Å². The number of benzene rings is 1. The van der Waals surface area contributed by atoms with Crippen molar-refractivity contribution in [1.82, 2.24) is 24.1 Å². The molecule has 0 aliphatic carbocycles. The zero-order chi connectivity index (χ0) is 19.3. The van der Waals surface area contributed by atoms with Crippen molar-refractivity contribution >= 4 is 33.7 Å². The number of hydrogen-bond acceptors (Lipinski definition) is 5. The predicted molar refractivity (Wildman–Crippen MR) is 110 cm³/mol. The lowest BCUT2D eigenvalue weighted by molar-refractivity contribution is 0.0994. The smallest absolute Gasteiger partial charge is 0.173 e. The highest BCUT2D eigenvalue weighted by atomic mass is 32.1. The molecule has 0 bridgehead atoms. The number of pyridine rings is 1. The van der Waals surface area contributed by atoms with Crippen molar-refractivity contribution in [3.8, 4) is 11.1 Å². The van der Waals surface area contributed by atoms with Crippen LogP contribution >= 0.6 is 11.3 Å². The van der Waals surface area contributed by atoms with Crippen molar-refractivity contribution in [1.29, 1.82) is 0 Å². The Morgan fingerprint density at radius 3 is 2.89 bits per heavy atom. The SMILES string of the molecule is Cc1csc(CC(=O)c2cc(-c3ccc4c(ccn4C)c3)cn3ncnc23)n1. The number of carbonyl (C=O) groups is 1. The van der Waals surface area contributed by atoms with E-state index in [9.17, 15) is 4.79 Å². The molecule has 0 N–H and O–H groups in total. The van der Waals surface area contributed by atoms with Gasteiger partial charge < -0.3 is 4.57 Å². The van der Waals surface area contributed by atoms with Crippen molar-refractivity contribution in [2.45, 2.75) is 13.3 Å². The number of ketones is 1. The average molecular weight is 387 g/mol. The number of hydrogen-bond donors (Lipinski definition) is 0. The van der Waals surface area contributed by atoms with E-state index in [2.05, 4.69) is 43.9 Å². The minimum Gasteiger partial charge on any atom is -0.351 e. The Hall–Kier alpha value is -3.32. The Labute approximate surface area is 165 Å². The van der Waals surface area contributed by atoms with E-state index < -0.39 is 0 Å². The van der Waals surface area contributed by atoms with Crippen molar-refractivity contribution < 1.29 is 4.79 Å². The number of thiazole rings is 1. The number of aromatic nitrogens is 5. The van der Waals surface area contributed by atoms with E-state index in [1.807, 2.05) is 37.8 Å². The van der Waals surface area contributed by atoms with E-state index in [4.69, 9.17) is 0 Å². The maximum atomic E-state index is 13.0. The van der Waals surface area contributed by atoms with Gasteiger partial charge in [0.1, 0.15) is 11.3 Å². The molecule has 138 valence electrons. The second kappa shape index (κ2) is 6.38. The molecular formula is C21H17N5OS. The highest BCUT2D eigenvalue weighted by Crippen LogP contribution is 2.27. The third kappa shape index (κ3) is 2.80. The quantitative estimate of drug-likeness (QED) is 0.436. The molecule has 0 unspecified atom stereocenters. The summed E-state index contributed by atoms with van der Waals surface area (Å²) in [6, 6.07) is 10.3. The lowest BCUT2D eigenvalue weighted by atomic mass is 10.0. The molecule has 0 atom stereocenters. The molecule has 28 heavy (non-hydrogen) atoms. The molecule has 0 saturated carbocycles. The molecule has 0 amide bonds. The van der Waals surface area contributed by atoms with Gasteiger partial charge in [-0.3, -0.25) is 4.79 Å². The summed E-state index contributed by atoms with van der Waals surface area (Å²) in [6.45, 7) is 1.93. The summed E-state index contributed by atoms with van der Waals surface area (Å²) in [5.74, 6) is -0.00464. The fourth-order valence-electron chi connectivity index (χ4n) is 3.47. The summed E-state index contributed by atoms with van der Waals surface area (Å²) in [7, 11) is 2.03. The van der Waals surface area contributed by atoms with E-state index in [0.29, 0.717) is 11.2 Å². The predicted octanol–water partition coefficient (Wildman–Crippen LogP) is 4.08. The van der Waals surface area contributed by atoms with E-state index in [0.717, 1.165) is 27.2 Å². The third-order valence-corrected chi connectivity index (χ3v) is 5.84. The van der Waals surface area contributed by atoms with Gasteiger partial charge >= 0.3 is 0 Å². The van der Waals surface area contributed by atoms with Crippen LogP contribution in [0.4, 0.5) is 0 Å². The number of aryl methyl sites for hydroxylation is 2. The minimum absolute atomic E-state index is 0.00464. The summed E-state index contributed by atoms with van der Waals surface area (Å²) in [5, 5.41) is 8.19. The van der Waals surface area contributed by atoms with Crippen LogP contribution in [0.3, 0.4) is 0 Å². The Morgan fingerprint density at radius 2 is 2.07 bits per heavy atom. The molecule has 4 aromatic heterocycles. The minimum atomic E-state index is -0.00464. The largest absolute Gasteiger partial charge is 0.351 e. The normalized spacial score (nSPS) is 11.5. The molecule has 7 heteroatoms. The van der Waals surface area contributed by atoms with Crippen LogP contribution in [0.1, 0.15) is 21.1 Å². The third-order valence-electron chi connectivity index (χ3n) is 4.87. The van der Waals surface area contributed by atoms with Crippen LogP contribution in [0.15, 0.2) is 54.4 Å². The van der Waals surface area contributed by atoms with E-state index >= 15 is 0 Å². The Bertz CT molecular complexity index is 1340. The maximum absolute atomic E-state index is 13.0. The first-order valence-electron chi connectivity index (χ1n) is 8.91. The summed E-state index contributed by atoms with van der Waals surface area (Å²) >= 11 is 1.51. The van der Waals surface area contributed by atoms with Gasteiger partial charge in [-0.2, -0.15) is 5.10 Å². The van der Waals surface area contributed by atoms with Crippen LogP contribution in [-0.2, 0) is 13.5 Å². The molecule has 0 spiro atoms. The Kier molecular flexibility index (Phi) is 3.84. The van der Waals surface area contributed by atoms with Crippen molar-refractivity contribution in [2.75, 3.05) is 0 Å². The molecular weight excluding hydrogens is 370 g/mol. The van der Waals surface area contributed by atoms with Gasteiger partial charge in [0.2, 0.25) is 0 Å². The zero-order valence-corrected chi connectivity index (χ0v) is 16.3. The highest BCUT2D eigenvalue weighted by Gasteiger charge is 2.17. The van der Waals surface area contributed by atoms with Crippen molar-refractivity contribution in [2.24, 2.45) is 7.05 Å². The fraction of sp³-hybridized carbons (Fsp3) is 0.143. The van der Waals surface area contributed by atoms with Gasteiger partial charge in [-0.05, 0) is 36.8 Å². The van der Waals surface area contributed by atoms with Crippen molar-refractivity contribution in [3.63, 3.8) is 0 Å². The Morgan fingerprint density at radius 1 is 1.18 bits per heavy atom. The maximum Gasteiger partial charge on any atom is 0.173 e. The molecule has 5 aromatic rings. The van der Waals surface area contributed by atoms with Crippen molar-refractivity contribution in [3.05, 3.63) is 70.7 Å². The standard InChI is InChI=1S/C21H17N5OS/c1-13-11-28-20(24-13)9-19(27)17-8-16(10-26-21(17)22-12-23-26)14-3-4-18-15(7-14)5-6-25(18)2/h3-8,10-12H,9H2,1-2H3. The Balaban J connectivity index is 1.60. The first-order valence-corrected chi connectivity index (χ1v) is 9.79. The number of nitrogens with zero attached hydrogens (tertiary/aromatic N) is 5. The zero-order valence-electron chi connectivity index (χ0n) is 15.5. The topological polar surface area (TPSA) is 65.1 Å². The van der Waals surface area contributed by atoms with Gasteiger partial charge in [0.05, 0.1) is 12.0 Å². The molecule has 1 aromatic carbocycles. The van der Waals surface area contributed by atoms with Gasteiger partial charge in [-0.25, -0.2) is 14.5 Å². The second-order valence-electron chi connectivity index (χ2n) is 6.85. The molecule has 5 rings (SSSR count). The molecule has 6 nitrogen and oxygen atoms in total. The molecule has 0 aliphatic rings. The van der Waals surface area contributed by atoms with Crippen LogP contribution in [0, 0.1) is 6.92 Å². The van der Waals surface area contributed by atoms with E-state index in [1.54, 1.807) is 4.52 Å². The van der Waals surface area contributed by atoms with Gasteiger partial charge in [-0.15, -0.1) is 11.3 Å². The molecule has 0 fully saturated rings. The number of rotatable bonds is 4. The van der Waals surface area contributed by atoms with Crippen LogP contribution in [-0.4, -0.2) is 29.9 Å². The number of Topliss-reactive ketones (excluding diaryl/α,β-unsaturated/α-hetero) is 1. The van der Waals surface area contributed by atoms with Gasteiger partial charge in [0.25, 0.3) is 0 Å². The number of carbonyl (C=O) groups excluding carboxylic acids is 1. The lowest BCUT2D eigenvalue weighted by Crippen LogP contribution is -2.07. The molecule has 0 saturated heterocycles. The molecule has 4 heterocycles. The first-order chi connectivity index (χ1) is 13.6. The van der Waals surface area contributed by atoms with Crippen LogP contribution in [0.2, 0.25) is 0 Å². The van der Waals surface area contributed by atoms with E-state index in [1.165, 1.54) is 23.2 Å². The first kappa shape index (κ1) is 16.8. The van der Waals surface area contributed by atoms with Crippen LogP contribution in [0.25, 0.3) is 27.7 Å². The number of fused-ring (bicyclic) bond motifs is 2. The monoisotopic (exact) mass is 387 g/mol. The van der Waals surface area contributed by atoms with Crippen LogP contribution in [0.5, 0.6) is 0 Å². The summed E-state index contributed by atoms with van der Waals surface area (Å²) in [5.41, 5.74) is 5.21. The average Bonchev–Trinajstić information content (AvgIpc) is 3.41. The fourth-order valence-corrected chi connectivity index (χ4v) is 4.24. The van der Waals surface area contributed by atoms with Crippen LogP contribution < -0.4 is 0 Å². The van der Waals surface area contributed by atoms with Gasteiger partial charge in [0.15, 0.2) is 11.4 Å². The second-order valence-corrected chi connectivity index (χ2v) is 7.80. The summed E-state index contributed by atoms with van der Waals surface area (Å²) < 4.78 is 3.76. The summed E-state index contributed by atoms with van der Waals surface area (Å²) in [6.07, 6.45) is 5.70.